The Hall–Kier alpha value is -2.90. The molecule has 1 N–H and O–H groups in total. The Morgan fingerprint density at radius 2 is 1.77 bits per heavy atom. The molecular formula is C24H26FN3O2S. The van der Waals surface area contributed by atoms with E-state index >= 15 is 0 Å². The van der Waals surface area contributed by atoms with Crippen LogP contribution in [0.25, 0.3) is 0 Å². The zero-order valence-corrected chi connectivity index (χ0v) is 18.3. The highest BCUT2D eigenvalue weighted by Gasteiger charge is 2.22. The molecule has 5 nitrogen and oxygen atoms in total. The molecule has 1 atom stereocenters. The SMILES string of the molecule is COc1ccc(N2CCN(CC(=O)NC(c3ccc(F)cc3)c3cccs3)CC2)cc1. The summed E-state index contributed by atoms with van der Waals surface area (Å²) in [5.41, 5.74) is 2.04. The van der Waals surface area contributed by atoms with Gasteiger partial charge in [-0.15, -0.1) is 11.3 Å². The second-order valence-corrected chi connectivity index (χ2v) is 8.51. The number of piperazine rings is 1. The van der Waals surface area contributed by atoms with Gasteiger partial charge in [-0.1, -0.05) is 18.2 Å². The molecule has 1 unspecified atom stereocenters. The lowest BCUT2D eigenvalue weighted by Crippen LogP contribution is -2.49. The van der Waals surface area contributed by atoms with Crippen LogP contribution in [0.4, 0.5) is 10.1 Å². The Bertz CT molecular complexity index is 969. The van der Waals surface area contributed by atoms with Gasteiger partial charge in [0.2, 0.25) is 5.91 Å². The standard InChI is InChI=1S/C24H26FN3O2S/c1-30-21-10-8-20(9-11-21)28-14-12-27(13-15-28)17-23(29)26-24(22-3-2-16-31-22)18-4-6-19(25)7-5-18/h2-11,16,24H,12-15,17H2,1H3,(H,26,29). The Labute approximate surface area is 186 Å². The summed E-state index contributed by atoms with van der Waals surface area (Å²) in [5, 5.41) is 5.12. The van der Waals surface area contributed by atoms with Crippen molar-refractivity contribution in [2.75, 3.05) is 44.7 Å². The minimum atomic E-state index is -0.283. The molecule has 0 saturated carbocycles. The Morgan fingerprint density at radius 3 is 2.39 bits per heavy atom. The first-order chi connectivity index (χ1) is 15.1. The third-order valence-electron chi connectivity index (χ3n) is 5.51. The van der Waals surface area contributed by atoms with E-state index in [0.29, 0.717) is 6.54 Å². The van der Waals surface area contributed by atoms with Crippen molar-refractivity contribution < 1.29 is 13.9 Å². The predicted octanol–water partition coefficient (Wildman–Crippen LogP) is 3.92. The Kier molecular flexibility index (Phi) is 6.84. The van der Waals surface area contributed by atoms with Gasteiger partial charge in [-0.2, -0.15) is 0 Å². The highest BCUT2D eigenvalue weighted by molar-refractivity contribution is 7.10. The molecule has 1 aromatic heterocycles. The minimum Gasteiger partial charge on any atom is -0.497 e. The molecule has 1 aliphatic heterocycles. The third-order valence-corrected chi connectivity index (χ3v) is 6.45. The lowest BCUT2D eigenvalue weighted by atomic mass is 10.1. The molecule has 2 aromatic carbocycles. The van der Waals surface area contributed by atoms with Crippen LogP contribution < -0.4 is 15.0 Å². The number of rotatable bonds is 7. The summed E-state index contributed by atoms with van der Waals surface area (Å²) in [7, 11) is 1.66. The van der Waals surface area contributed by atoms with Crippen molar-refractivity contribution in [3.8, 4) is 5.75 Å². The summed E-state index contributed by atoms with van der Waals surface area (Å²) in [6, 6.07) is 18.1. The molecule has 2 heterocycles. The van der Waals surface area contributed by atoms with Gasteiger partial charge in [-0.25, -0.2) is 4.39 Å². The maximum Gasteiger partial charge on any atom is 0.234 e. The first-order valence-electron chi connectivity index (χ1n) is 10.3. The van der Waals surface area contributed by atoms with Crippen molar-refractivity contribution in [2.24, 2.45) is 0 Å². The van der Waals surface area contributed by atoms with Crippen molar-refractivity contribution >= 4 is 22.9 Å². The molecule has 1 saturated heterocycles. The summed E-state index contributed by atoms with van der Waals surface area (Å²) in [6.45, 7) is 3.72. The number of hydrogen-bond acceptors (Lipinski definition) is 5. The number of nitrogens with one attached hydrogen (secondary N) is 1. The summed E-state index contributed by atoms with van der Waals surface area (Å²) in [5.74, 6) is 0.538. The monoisotopic (exact) mass is 439 g/mol. The van der Waals surface area contributed by atoms with E-state index in [0.717, 1.165) is 42.4 Å². The molecule has 0 radical (unpaired) electrons. The fourth-order valence-corrected chi connectivity index (χ4v) is 4.60. The maximum absolute atomic E-state index is 13.4. The summed E-state index contributed by atoms with van der Waals surface area (Å²) >= 11 is 1.58. The van der Waals surface area contributed by atoms with Crippen LogP contribution in [0, 0.1) is 5.82 Å². The molecule has 4 rings (SSSR count). The van der Waals surface area contributed by atoms with E-state index in [9.17, 15) is 9.18 Å². The van der Waals surface area contributed by atoms with Crippen LogP contribution >= 0.6 is 11.3 Å². The van der Waals surface area contributed by atoms with Gasteiger partial charge < -0.3 is 15.0 Å². The normalized spacial score (nSPS) is 15.5. The number of methoxy groups -OCH3 is 1. The van der Waals surface area contributed by atoms with E-state index in [1.807, 2.05) is 29.6 Å². The average molecular weight is 440 g/mol. The van der Waals surface area contributed by atoms with Crippen LogP contribution in [0.3, 0.4) is 0 Å². The molecule has 0 aliphatic carbocycles. The number of carbonyl (C=O) groups is 1. The van der Waals surface area contributed by atoms with Gasteiger partial charge in [0.1, 0.15) is 11.6 Å². The number of anilines is 1. The minimum absolute atomic E-state index is 0.0272. The topological polar surface area (TPSA) is 44.8 Å². The second-order valence-electron chi connectivity index (χ2n) is 7.53. The number of amides is 1. The summed E-state index contributed by atoms with van der Waals surface area (Å²) < 4.78 is 18.6. The van der Waals surface area contributed by atoms with Crippen LogP contribution in [0.2, 0.25) is 0 Å². The van der Waals surface area contributed by atoms with Crippen molar-refractivity contribution in [3.05, 3.63) is 82.3 Å². The molecule has 162 valence electrons. The van der Waals surface area contributed by atoms with Crippen molar-refractivity contribution in [3.63, 3.8) is 0 Å². The second kappa shape index (κ2) is 9.94. The van der Waals surface area contributed by atoms with Crippen LogP contribution in [0.5, 0.6) is 5.75 Å². The third kappa shape index (κ3) is 5.42. The molecule has 31 heavy (non-hydrogen) atoms. The highest BCUT2D eigenvalue weighted by Crippen LogP contribution is 2.26. The van der Waals surface area contributed by atoms with E-state index < -0.39 is 0 Å². The van der Waals surface area contributed by atoms with Crippen molar-refractivity contribution in [2.45, 2.75) is 6.04 Å². The molecule has 3 aromatic rings. The summed E-state index contributed by atoms with van der Waals surface area (Å²) in [6.07, 6.45) is 0. The van der Waals surface area contributed by atoms with Gasteiger partial charge in [0.15, 0.2) is 0 Å². The van der Waals surface area contributed by atoms with Crippen LogP contribution in [-0.2, 0) is 4.79 Å². The Balaban J connectivity index is 1.34. The number of hydrogen-bond donors (Lipinski definition) is 1. The molecule has 0 bridgehead atoms. The van der Waals surface area contributed by atoms with E-state index in [1.165, 1.54) is 17.8 Å². The quantitative estimate of drug-likeness (QED) is 0.606. The lowest BCUT2D eigenvalue weighted by molar-refractivity contribution is -0.122. The fraction of sp³-hybridized carbons (Fsp3) is 0.292. The van der Waals surface area contributed by atoms with Gasteiger partial charge in [-0.05, 0) is 53.4 Å². The van der Waals surface area contributed by atoms with Gasteiger partial charge >= 0.3 is 0 Å². The average Bonchev–Trinajstić information content (AvgIpc) is 3.33. The first kappa shape index (κ1) is 21.3. The number of ether oxygens (including phenoxy) is 1. The van der Waals surface area contributed by atoms with Gasteiger partial charge in [-0.3, -0.25) is 9.69 Å². The number of thiophene rings is 1. The van der Waals surface area contributed by atoms with Gasteiger partial charge in [0.25, 0.3) is 0 Å². The van der Waals surface area contributed by atoms with E-state index in [1.54, 1.807) is 30.6 Å². The zero-order chi connectivity index (χ0) is 21.6. The molecule has 1 amide bonds. The molecule has 7 heteroatoms. The van der Waals surface area contributed by atoms with Crippen LogP contribution in [0.1, 0.15) is 16.5 Å². The highest BCUT2D eigenvalue weighted by atomic mass is 32.1. The lowest BCUT2D eigenvalue weighted by Gasteiger charge is -2.36. The van der Waals surface area contributed by atoms with Gasteiger partial charge in [0, 0.05) is 36.7 Å². The molecule has 0 spiro atoms. The van der Waals surface area contributed by atoms with Crippen LogP contribution in [-0.4, -0.2) is 50.6 Å². The van der Waals surface area contributed by atoms with E-state index in [4.69, 9.17) is 4.74 Å². The molecule has 1 aliphatic rings. The molecule has 1 fully saturated rings. The number of benzene rings is 2. The van der Waals surface area contributed by atoms with E-state index in [-0.39, 0.29) is 17.8 Å². The largest absolute Gasteiger partial charge is 0.497 e. The predicted molar refractivity (Wildman–Crippen MR) is 122 cm³/mol. The zero-order valence-electron chi connectivity index (χ0n) is 17.5. The van der Waals surface area contributed by atoms with Crippen molar-refractivity contribution in [1.82, 2.24) is 10.2 Å². The van der Waals surface area contributed by atoms with Gasteiger partial charge in [0.05, 0.1) is 19.7 Å². The fourth-order valence-electron chi connectivity index (χ4n) is 3.80. The number of nitrogens with zero attached hydrogens (tertiary/aromatic N) is 2. The maximum atomic E-state index is 13.4. The van der Waals surface area contributed by atoms with E-state index in [2.05, 4.69) is 27.2 Å². The molecular weight excluding hydrogens is 413 g/mol. The first-order valence-corrected chi connectivity index (χ1v) is 11.2. The summed E-state index contributed by atoms with van der Waals surface area (Å²) in [4.78, 5) is 18.4. The van der Waals surface area contributed by atoms with Crippen LogP contribution in [0.15, 0.2) is 66.0 Å². The Morgan fingerprint density at radius 1 is 1.06 bits per heavy atom. The number of carbonyl (C=O) groups excluding carboxylic acids is 1. The van der Waals surface area contributed by atoms with Crippen molar-refractivity contribution in [1.29, 1.82) is 0 Å². The number of halogens is 1. The smallest absolute Gasteiger partial charge is 0.234 e.